The van der Waals surface area contributed by atoms with Crippen LogP contribution in [-0.2, 0) is 0 Å². The molecule has 0 amide bonds. The number of nitrogens with zero attached hydrogens (tertiary/aromatic N) is 1. The predicted molar refractivity (Wildman–Crippen MR) is 32.4 cm³/mol. The van der Waals surface area contributed by atoms with E-state index in [1.165, 1.54) is 6.08 Å². The van der Waals surface area contributed by atoms with Crippen LogP contribution in [0.15, 0.2) is 18.2 Å². The molecule has 0 bridgehead atoms. The molecule has 0 N–H and O–H groups in total. The molecule has 0 aliphatic heterocycles. The maximum atomic E-state index is 10.1. The first-order valence-corrected chi connectivity index (χ1v) is 2.68. The highest BCUT2D eigenvalue weighted by Gasteiger charge is 2.14. The van der Waals surface area contributed by atoms with E-state index in [9.17, 15) is 10.1 Å². The van der Waals surface area contributed by atoms with Crippen molar-refractivity contribution < 1.29 is 4.92 Å². The SMILES string of the molecule is O=[N+]([O-])C1C=[C]C=CC1. The molecule has 0 aromatic carbocycles. The molecule has 3 heteroatoms. The normalized spacial score (nSPS) is 24.2. The van der Waals surface area contributed by atoms with Gasteiger partial charge in [-0.1, -0.05) is 12.2 Å². The van der Waals surface area contributed by atoms with Crippen molar-refractivity contribution >= 4 is 0 Å². The summed E-state index contributed by atoms with van der Waals surface area (Å²) in [4.78, 5) is 9.75. The Hall–Kier alpha value is -1.12. The van der Waals surface area contributed by atoms with Gasteiger partial charge in [-0.15, -0.1) is 0 Å². The van der Waals surface area contributed by atoms with Crippen molar-refractivity contribution in [2.24, 2.45) is 0 Å². The summed E-state index contributed by atoms with van der Waals surface area (Å²) in [5.41, 5.74) is 0. The predicted octanol–water partition coefficient (Wildman–Crippen LogP) is 0.951. The van der Waals surface area contributed by atoms with E-state index in [2.05, 4.69) is 6.08 Å². The van der Waals surface area contributed by atoms with Crippen molar-refractivity contribution in [3.8, 4) is 0 Å². The van der Waals surface area contributed by atoms with Gasteiger partial charge in [-0.2, -0.15) is 0 Å². The summed E-state index contributed by atoms with van der Waals surface area (Å²) in [7, 11) is 0. The Morgan fingerprint density at radius 2 is 2.56 bits per heavy atom. The average molecular weight is 124 g/mol. The molecule has 0 aromatic heterocycles. The van der Waals surface area contributed by atoms with E-state index in [1.54, 1.807) is 12.2 Å². The summed E-state index contributed by atoms with van der Waals surface area (Å²) in [5, 5.41) is 10.1. The van der Waals surface area contributed by atoms with Gasteiger partial charge in [0.2, 0.25) is 6.04 Å². The van der Waals surface area contributed by atoms with Gasteiger partial charge in [-0.25, -0.2) is 0 Å². The highest BCUT2D eigenvalue weighted by molar-refractivity contribution is 5.05. The van der Waals surface area contributed by atoms with Crippen LogP contribution in [0.5, 0.6) is 0 Å². The van der Waals surface area contributed by atoms with Gasteiger partial charge in [0.15, 0.2) is 0 Å². The molecular weight excluding hydrogens is 118 g/mol. The van der Waals surface area contributed by atoms with Crippen molar-refractivity contribution in [1.29, 1.82) is 0 Å². The molecule has 1 aliphatic rings. The molecule has 1 aliphatic carbocycles. The summed E-state index contributed by atoms with van der Waals surface area (Å²) in [6, 6.07) is -0.546. The fourth-order valence-corrected chi connectivity index (χ4v) is 0.657. The van der Waals surface area contributed by atoms with Gasteiger partial charge in [-0.3, -0.25) is 10.1 Å². The Labute approximate surface area is 52.8 Å². The van der Waals surface area contributed by atoms with Gasteiger partial charge in [0.05, 0.1) is 0 Å². The van der Waals surface area contributed by atoms with Crippen LogP contribution >= 0.6 is 0 Å². The molecule has 1 rings (SSSR count). The molecule has 0 saturated carbocycles. The highest BCUT2D eigenvalue weighted by Crippen LogP contribution is 2.04. The summed E-state index contributed by atoms with van der Waals surface area (Å²) < 4.78 is 0. The van der Waals surface area contributed by atoms with E-state index in [-0.39, 0.29) is 4.92 Å². The first kappa shape index (κ1) is 6.01. The Balaban J connectivity index is 2.56. The first-order valence-electron chi connectivity index (χ1n) is 2.68. The van der Waals surface area contributed by atoms with Crippen molar-refractivity contribution in [3.05, 3.63) is 34.4 Å². The third-order valence-electron chi connectivity index (χ3n) is 1.15. The van der Waals surface area contributed by atoms with Gasteiger partial charge in [0.1, 0.15) is 0 Å². The van der Waals surface area contributed by atoms with Gasteiger partial charge < -0.3 is 0 Å². The lowest BCUT2D eigenvalue weighted by atomic mass is 10.1. The minimum Gasteiger partial charge on any atom is -0.264 e. The maximum Gasteiger partial charge on any atom is 0.235 e. The van der Waals surface area contributed by atoms with Crippen LogP contribution in [0.1, 0.15) is 6.42 Å². The molecule has 0 aromatic rings. The number of hydrogen-bond donors (Lipinski definition) is 0. The minimum absolute atomic E-state index is 0.309. The van der Waals surface area contributed by atoms with Crippen LogP contribution in [0.2, 0.25) is 0 Å². The second-order valence-corrected chi connectivity index (χ2v) is 1.82. The molecule has 1 atom stereocenters. The Morgan fingerprint density at radius 1 is 1.78 bits per heavy atom. The molecule has 9 heavy (non-hydrogen) atoms. The van der Waals surface area contributed by atoms with Crippen molar-refractivity contribution in [1.82, 2.24) is 0 Å². The number of nitro groups is 1. The summed E-state index contributed by atoms with van der Waals surface area (Å²) in [6.45, 7) is 0. The topological polar surface area (TPSA) is 43.1 Å². The zero-order valence-electron chi connectivity index (χ0n) is 4.78. The molecule has 0 heterocycles. The fraction of sp³-hybridized carbons (Fsp3) is 0.333. The third kappa shape index (κ3) is 1.38. The van der Waals surface area contributed by atoms with Gasteiger partial charge in [0.25, 0.3) is 0 Å². The lowest BCUT2D eigenvalue weighted by Crippen LogP contribution is -2.16. The Kier molecular flexibility index (Phi) is 1.63. The van der Waals surface area contributed by atoms with E-state index in [0.717, 1.165) is 0 Å². The zero-order valence-corrected chi connectivity index (χ0v) is 4.78. The maximum absolute atomic E-state index is 10.1. The van der Waals surface area contributed by atoms with E-state index in [1.807, 2.05) is 0 Å². The average Bonchev–Trinajstić information content (AvgIpc) is 1.90. The number of hydrogen-bond acceptors (Lipinski definition) is 2. The monoisotopic (exact) mass is 124 g/mol. The molecule has 0 saturated heterocycles. The van der Waals surface area contributed by atoms with Crippen LogP contribution in [0.25, 0.3) is 0 Å². The van der Waals surface area contributed by atoms with E-state index in [4.69, 9.17) is 0 Å². The molecule has 0 fully saturated rings. The second kappa shape index (κ2) is 2.44. The Morgan fingerprint density at radius 3 is 2.89 bits per heavy atom. The largest absolute Gasteiger partial charge is 0.264 e. The van der Waals surface area contributed by atoms with Crippen LogP contribution in [0.4, 0.5) is 0 Å². The van der Waals surface area contributed by atoms with E-state index < -0.39 is 6.04 Å². The lowest BCUT2D eigenvalue weighted by Gasteiger charge is -2.01. The number of rotatable bonds is 1. The number of allylic oxidation sites excluding steroid dienone is 2. The minimum atomic E-state index is -0.546. The standard InChI is InChI=1S/C6H6NO2/c8-7(9)6-4-2-1-3-5-6/h1-2,5-6H,4H2. The molecule has 1 unspecified atom stereocenters. The highest BCUT2D eigenvalue weighted by atomic mass is 16.6. The van der Waals surface area contributed by atoms with Crippen LogP contribution in [0, 0.1) is 16.2 Å². The molecule has 0 spiro atoms. The second-order valence-electron chi connectivity index (χ2n) is 1.82. The molecule has 1 radical (unpaired) electrons. The first-order chi connectivity index (χ1) is 4.30. The van der Waals surface area contributed by atoms with Crippen LogP contribution in [-0.4, -0.2) is 11.0 Å². The van der Waals surface area contributed by atoms with E-state index in [0.29, 0.717) is 6.42 Å². The zero-order chi connectivity index (χ0) is 6.69. The van der Waals surface area contributed by atoms with Crippen LogP contribution < -0.4 is 0 Å². The third-order valence-corrected chi connectivity index (χ3v) is 1.15. The van der Waals surface area contributed by atoms with Gasteiger partial charge >= 0.3 is 0 Å². The van der Waals surface area contributed by atoms with Crippen molar-refractivity contribution in [3.63, 3.8) is 0 Å². The summed E-state index contributed by atoms with van der Waals surface area (Å²) in [5.74, 6) is 0. The summed E-state index contributed by atoms with van der Waals surface area (Å²) in [6.07, 6.45) is 8.08. The fourth-order valence-electron chi connectivity index (χ4n) is 0.657. The molecular formula is C6H6NO2. The van der Waals surface area contributed by atoms with Crippen molar-refractivity contribution in [2.75, 3.05) is 0 Å². The Bertz CT molecular complexity index is 172. The van der Waals surface area contributed by atoms with Gasteiger partial charge in [0, 0.05) is 11.3 Å². The van der Waals surface area contributed by atoms with E-state index >= 15 is 0 Å². The molecule has 47 valence electrons. The molecule has 3 nitrogen and oxygen atoms in total. The summed E-state index contributed by atoms with van der Waals surface area (Å²) >= 11 is 0. The smallest absolute Gasteiger partial charge is 0.235 e. The van der Waals surface area contributed by atoms with Gasteiger partial charge in [-0.05, 0) is 12.2 Å². The van der Waals surface area contributed by atoms with Crippen molar-refractivity contribution in [2.45, 2.75) is 12.5 Å². The lowest BCUT2D eigenvalue weighted by molar-refractivity contribution is -0.508. The van der Waals surface area contributed by atoms with Crippen LogP contribution in [0.3, 0.4) is 0 Å². The quantitative estimate of drug-likeness (QED) is 0.386.